The standard InChI is InChI=1S/C5H9NO/c1-3-4-6(2)5-7/h1,3-4H2,2H3. The van der Waals surface area contributed by atoms with Gasteiger partial charge in [0, 0.05) is 13.6 Å². The lowest BCUT2D eigenvalue weighted by Crippen LogP contribution is -2.15. The van der Waals surface area contributed by atoms with E-state index in [1.807, 2.05) is 0 Å². The third kappa shape index (κ3) is 3.30. The highest BCUT2D eigenvalue weighted by atomic mass is 16.1. The van der Waals surface area contributed by atoms with E-state index in [2.05, 4.69) is 6.92 Å². The zero-order valence-electron chi connectivity index (χ0n) is 4.48. The first kappa shape index (κ1) is 6.47. The number of rotatable bonds is 3. The minimum Gasteiger partial charge on any atom is -0.338 e. The van der Waals surface area contributed by atoms with Gasteiger partial charge in [-0.3, -0.25) is 4.79 Å². The van der Waals surface area contributed by atoms with Crippen LogP contribution in [-0.2, 0) is 4.79 Å². The fourth-order valence-corrected chi connectivity index (χ4v) is 0.283. The maximum absolute atomic E-state index is 9.67. The SMILES string of the molecule is [CH2]CCN(C)[C]=O. The fourth-order valence-electron chi connectivity index (χ4n) is 0.283. The Morgan fingerprint density at radius 3 is 2.57 bits per heavy atom. The molecule has 0 aliphatic heterocycles. The van der Waals surface area contributed by atoms with Crippen LogP contribution in [0.4, 0.5) is 0 Å². The van der Waals surface area contributed by atoms with Crippen molar-refractivity contribution >= 4 is 6.41 Å². The first-order valence-electron chi connectivity index (χ1n) is 2.19. The van der Waals surface area contributed by atoms with Crippen LogP contribution in [0.1, 0.15) is 6.42 Å². The normalized spacial score (nSPS) is 8.29. The molecule has 0 aliphatic rings. The summed E-state index contributed by atoms with van der Waals surface area (Å²) >= 11 is 0. The third-order valence-corrected chi connectivity index (χ3v) is 0.649. The van der Waals surface area contributed by atoms with Crippen molar-refractivity contribution in [2.45, 2.75) is 6.42 Å². The quantitative estimate of drug-likeness (QED) is 0.463. The molecule has 0 spiro atoms. The highest BCUT2D eigenvalue weighted by Gasteiger charge is 1.86. The van der Waals surface area contributed by atoms with E-state index in [1.165, 1.54) is 4.90 Å². The highest BCUT2D eigenvalue weighted by Crippen LogP contribution is 1.77. The molecule has 0 aromatic carbocycles. The van der Waals surface area contributed by atoms with E-state index in [0.717, 1.165) is 6.42 Å². The van der Waals surface area contributed by atoms with Gasteiger partial charge in [-0.15, -0.1) is 0 Å². The van der Waals surface area contributed by atoms with Crippen molar-refractivity contribution in [3.63, 3.8) is 0 Å². The Balaban J connectivity index is 2.98. The summed E-state index contributed by atoms with van der Waals surface area (Å²) < 4.78 is 0. The van der Waals surface area contributed by atoms with Crippen LogP contribution in [0.3, 0.4) is 0 Å². The smallest absolute Gasteiger partial charge is 0.311 e. The first-order valence-corrected chi connectivity index (χ1v) is 2.19. The van der Waals surface area contributed by atoms with Crippen molar-refractivity contribution in [2.24, 2.45) is 0 Å². The van der Waals surface area contributed by atoms with E-state index in [4.69, 9.17) is 0 Å². The Hall–Kier alpha value is -0.530. The highest BCUT2D eigenvalue weighted by molar-refractivity contribution is 5.47. The predicted molar refractivity (Wildman–Crippen MR) is 28.3 cm³/mol. The van der Waals surface area contributed by atoms with Crippen molar-refractivity contribution in [1.29, 1.82) is 0 Å². The second-order valence-electron chi connectivity index (χ2n) is 1.37. The Labute approximate surface area is 44.1 Å². The minimum absolute atomic E-state index is 0.698. The predicted octanol–water partition coefficient (Wildman–Crippen LogP) is 0.210. The zero-order valence-corrected chi connectivity index (χ0v) is 4.48. The van der Waals surface area contributed by atoms with Crippen LogP contribution < -0.4 is 0 Å². The number of hydrogen-bond donors (Lipinski definition) is 0. The van der Waals surface area contributed by atoms with Gasteiger partial charge in [0.05, 0.1) is 0 Å². The summed E-state index contributed by atoms with van der Waals surface area (Å²) in [5, 5.41) is 0. The Bertz CT molecular complexity index is 54.0. The molecule has 0 rings (SSSR count). The average Bonchev–Trinajstić information content (AvgIpc) is 1.68. The molecule has 0 N–H and O–H groups in total. The molecule has 0 bridgehead atoms. The molecule has 1 amide bonds. The lowest BCUT2D eigenvalue weighted by Gasteiger charge is -2.03. The molecular weight excluding hydrogens is 90.1 g/mol. The van der Waals surface area contributed by atoms with Crippen LogP contribution >= 0.6 is 0 Å². The van der Waals surface area contributed by atoms with Gasteiger partial charge in [-0.2, -0.15) is 0 Å². The molecule has 7 heavy (non-hydrogen) atoms. The maximum atomic E-state index is 9.67. The number of carbonyl (C=O) groups excluding carboxylic acids is 1. The molecule has 2 radical (unpaired) electrons. The molecule has 2 nitrogen and oxygen atoms in total. The van der Waals surface area contributed by atoms with E-state index in [9.17, 15) is 4.79 Å². The molecule has 0 aromatic rings. The van der Waals surface area contributed by atoms with Gasteiger partial charge in [0.25, 0.3) is 0 Å². The van der Waals surface area contributed by atoms with Crippen LogP contribution in [0.25, 0.3) is 0 Å². The average molecular weight is 99.1 g/mol. The van der Waals surface area contributed by atoms with Gasteiger partial charge >= 0.3 is 6.41 Å². The van der Waals surface area contributed by atoms with Crippen molar-refractivity contribution in [2.75, 3.05) is 13.6 Å². The second-order valence-corrected chi connectivity index (χ2v) is 1.37. The molecule has 2 heteroatoms. The second kappa shape index (κ2) is 3.65. The zero-order chi connectivity index (χ0) is 5.70. The molecular formula is C5H9NO. The number of nitrogens with zero attached hydrogens (tertiary/aromatic N) is 1. The molecule has 0 aromatic heterocycles. The van der Waals surface area contributed by atoms with Gasteiger partial charge in [-0.1, -0.05) is 6.92 Å². The molecule has 0 unspecified atom stereocenters. The van der Waals surface area contributed by atoms with Gasteiger partial charge in [0.15, 0.2) is 0 Å². The summed E-state index contributed by atoms with van der Waals surface area (Å²) in [6.45, 7) is 4.25. The van der Waals surface area contributed by atoms with Gasteiger partial charge in [0.1, 0.15) is 0 Å². The van der Waals surface area contributed by atoms with Crippen LogP contribution in [0.15, 0.2) is 0 Å². The van der Waals surface area contributed by atoms with Crippen molar-refractivity contribution < 1.29 is 4.79 Å². The fraction of sp³-hybridized carbons (Fsp3) is 0.600. The largest absolute Gasteiger partial charge is 0.338 e. The van der Waals surface area contributed by atoms with Crippen molar-refractivity contribution in [3.05, 3.63) is 6.92 Å². The van der Waals surface area contributed by atoms with Gasteiger partial charge in [0.2, 0.25) is 0 Å². The number of amides is 1. The monoisotopic (exact) mass is 99.1 g/mol. The molecule has 0 atom stereocenters. The molecule has 0 saturated carbocycles. The Kier molecular flexibility index (Phi) is 3.38. The van der Waals surface area contributed by atoms with Crippen molar-refractivity contribution in [3.8, 4) is 0 Å². The maximum Gasteiger partial charge on any atom is 0.311 e. The van der Waals surface area contributed by atoms with Crippen LogP contribution in [0, 0.1) is 6.92 Å². The van der Waals surface area contributed by atoms with E-state index >= 15 is 0 Å². The molecule has 0 aliphatic carbocycles. The van der Waals surface area contributed by atoms with Crippen LogP contribution in [0.5, 0.6) is 0 Å². The van der Waals surface area contributed by atoms with Crippen LogP contribution in [-0.4, -0.2) is 24.9 Å². The molecule has 0 heterocycles. The summed E-state index contributed by atoms with van der Waals surface area (Å²) in [4.78, 5) is 11.1. The molecule has 0 saturated heterocycles. The lowest BCUT2D eigenvalue weighted by atomic mass is 10.5. The molecule has 40 valence electrons. The lowest BCUT2D eigenvalue weighted by molar-refractivity contribution is 0.439. The van der Waals surface area contributed by atoms with E-state index in [0.29, 0.717) is 6.54 Å². The third-order valence-electron chi connectivity index (χ3n) is 0.649. The molecule has 0 fully saturated rings. The number of hydrogen-bond acceptors (Lipinski definition) is 1. The Morgan fingerprint density at radius 2 is 2.43 bits per heavy atom. The minimum atomic E-state index is 0.698. The van der Waals surface area contributed by atoms with Crippen LogP contribution in [0.2, 0.25) is 0 Å². The van der Waals surface area contributed by atoms with E-state index < -0.39 is 0 Å². The van der Waals surface area contributed by atoms with E-state index in [-0.39, 0.29) is 0 Å². The first-order chi connectivity index (χ1) is 3.31. The summed E-state index contributed by atoms with van der Waals surface area (Å²) in [6.07, 6.45) is 2.46. The van der Waals surface area contributed by atoms with Gasteiger partial charge in [-0.25, -0.2) is 0 Å². The topological polar surface area (TPSA) is 20.3 Å². The van der Waals surface area contributed by atoms with E-state index in [1.54, 1.807) is 13.5 Å². The van der Waals surface area contributed by atoms with Crippen molar-refractivity contribution in [1.82, 2.24) is 4.90 Å². The summed E-state index contributed by atoms with van der Waals surface area (Å²) in [6, 6.07) is 0. The van der Waals surface area contributed by atoms with Gasteiger partial charge in [-0.05, 0) is 6.42 Å². The summed E-state index contributed by atoms with van der Waals surface area (Å²) in [7, 11) is 1.68. The summed E-state index contributed by atoms with van der Waals surface area (Å²) in [5.41, 5.74) is 0. The summed E-state index contributed by atoms with van der Waals surface area (Å²) in [5.74, 6) is 0. The Morgan fingerprint density at radius 1 is 1.86 bits per heavy atom. The van der Waals surface area contributed by atoms with Gasteiger partial charge < -0.3 is 4.90 Å².